The lowest BCUT2D eigenvalue weighted by molar-refractivity contribution is 1.20. The molecule has 2 aromatic heterocycles. The van der Waals surface area contributed by atoms with E-state index in [9.17, 15) is 0 Å². The Morgan fingerprint density at radius 3 is 2.58 bits per heavy atom. The molecule has 0 spiro atoms. The predicted molar refractivity (Wildman–Crippen MR) is 82.9 cm³/mol. The lowest BCUT2D eigenvalue weighted by atomic mass is 10.1. The van der Waals surface area contributed by atoms with Gasteiger partial charge in [-0.1, -0.05) is 34.1 Å². The van der Waals surface area contributed by atoms with E-state index in [-0.39, 0.29) is 0 Å². The largest absolute Gasteiger partial charge is 0.368 e. The van der Waals surface area contributed by atoms with Crippen molar-refractivity contribution in [1.82, 2.24) is 9.97 Å². The summed E-state index contributed by atoms with van der Waals surface area (Å²) in [5, 5.41) is 2.02. The first-order valence-corrected chi connectivity index (χ1v) is 7.34. The quantitative estimate of drug-likeness (QED) is 0.764. The summed E-state index contributed by atoms with van der Waals surface area (Å²) < 4.78 is 1.01. The van der Waals surface area contributed by atoms with Gasteiger partial charge in [0, 0.05) is 10.0 Å². The van der Waals surface area contributed by atoms with Crippen molar-refractivity contribution in [2.24, 2.45) is 0 Å². The van der Waals surface area contributed by atoms with Gasteiger partial charge in [0.05, 0.1) is 16.3 Å². The molecule has 0 aliphatic rings. The average Bonchev–Trinajstić information content (AvgIpc) is 2.92. The number of thiophene rings is 1. The highest BCUT2D eigenvalue weighted by molar-refractivity contribution is 9.10. The third-order valence-corrected chi connectivity index (χ3v) is 4.02. The highest BCUT2D eigenvalue weighted by atomic mass is 79.9. The molecule has 0 saturated carbocycles. The Hall–Kier alpha value is -1.72. The number of hydrogen-bond acceptors (Lipinski definition) is 4. The lowest BCUT2D eigenvalue weighted by Crippen LogP contribution is -1.98. The fourth-order valence-corrected chi connectivity index (χ4v) is 2.90. The van der Waals surface area contributed by atoms with Crippen LogP contribution in [0.2, 0.25) is 0 Å². The van der Waals surface area contributed by atoms with Gasteiger partial charge in [0.25, 0.3) is 0 Å². The van der Waals surface area contributed by atoms with Crippen LogP contribution in [0.25, 0.3) is 21.8 Å². The molecule has 0 fully saturated rings. The number of anilines is 1. The molecule has 0 saturated heterocycles. The number of nitrogen functional groups attached to an aromatic ring is 1. The van der Waals surface area contributed by atoms with Gasteiger partial charge in [0.1, 0.15) is 0 Å². The summed E-state index contributed by atoms with van der Waals surface area (Å²) in [4.78, 5) is 9.68. The molecule has 19 heavy (non-hydrogen) atoms. The number of aromatic nitrogens is 2. The van der Waals surface area contributed by atoms with Crippen LogP contribution < -0.4 is 5.73 Å². The van der Waals surface area contributed by atoms with E-state index in [1.807, 2.05) is 47.8 Å². The first-order chi connectivity index (χ1) is 9.22. The summed E-state index contributed by atoms with van der Waals surface area (Å²) in [6.07, 6.45) is 0. The summed E-state index contributed by atoms with van der Waals surface area (Å²) in [6.45, 7) is 0. The third kappa shape index (κ3) is 2.67. The minimum absolute atomic E-state index is 0.292. The molecule has 2 N–H and O–H groups in total. The zero-order valence-corrected chi connectivity index (χ0v) is 12.3. The Labute approximate surface area is 123 Å². The molecular weight excluding hydrogens is 322 g/mol. The van der Waals surface area contributed by atoms with Crippen LogP contribution in [0.4, 0.5) is 5.95 Å². The van der Waals surface area contributed by atoms with Crippen molar-refractivity contribution in [2.75, 3.05) is 5.73 Å². The average molecular weight is 332 g/mol. The van der Waals surface area contributed by atoms with Gasteiger partial charge in [-0.15, -0.1) is 11.3 Å². The monoisotopic (exact) mass is 331 g/mol. The maximum Gasteiger partial charge on any atom is 0.221 e. The molecule has 0 amide bonds. The van der Waals surface area contributed by atoms with Crippen molar-refractivity contribution in [3.63, 3.8) is 0 Å². The summed E-state index contributed by atoms with van der Waals surface area (Å²) >= 11 is 5.10. The van der Waals surface area contributed by atoms with Crippen LogP contribution in [0.3, 0.4) is 0 Å². The fourth-order valence-electron chi connectivity index (χ4n) is 1.81. The molecule has 94 valence electrons. The zero-order chi connectivity index (χ0) is 13.2. The van der Waals surface area contributed by atoms with Gasteiger partial charge in [-0.05, 0) is 29.6 Å². The van der Waals surface area contributed by atoms with E-state index < -0.39 is 0 Å². The van der Waals surface area contributed by atoms with Crippen molar-refractivity contribution in [3.8, 4) is 21.8 Å². The molecule has 2 heterocycles. The SMILES string of the molecule is Nc1nc(-c2cccc(Br)c2)cc(-c2cccs2)n1. The Balaban J connectivity index is 2.12. The van der Waals surface area contributed by atoms with Gasteiger partial charge in [0.2, 0.25) is 5.95 Å². The highest BCUT2D eigenvalue weighted by Crippen LogP contribution is 2.28. The van der Waals surface area contributed by atoms with E-state index in [0.29, 0.717) is 5.95 Å². The molecule has 0 atom stereocenters. The molecular formula is C14H10BrN3S. The lowest BCUT2D eigenvalue weighted by Gasteiger charge is -2.05. The van der Waals surface area contributed by atoms with Crippen LogP contribution in [0.1, 0.15) is 0 Å². The number of nitrogens with two attached hydrogens (primary N) is 1. The molecule has 0 aliphatic carbocycles. The van der Waals surface area contributed by atoms with E-state index in [0.717, 1.165) is 26.3 Å². The second-order valence-corrected chi connectivity index (χ2v) is 5.85. The number of hydrogen-bond donors (Lipinski definition) is 1. The highest BCUT2D eigenvalue weighted by Gasteiger charge is 2.07. The second kappa shape index (κ2) is 5.11. The minimum Gasteiger partial charge on any atom is -0.368 e. The van der Waals surface area contributed by atoms with E-state index in [2.05, 4.69) is 25.9 Å². The van der Waals surface area contributed by atoms with Crippen molar-refractivity contribution < 1.29 is 0 Å². The molecule has 3 rings (SSSR count). The molecule has 0 radical (unpaired) electrons. The molecule has 3 nitrogen and oxygen atoms in total. The van der Waals surface area contributed by atoms with Crippen LogP contribution in [0.5, 0.6) is 0 Å². The number of rotatable bonds is 2. The van der Waals surface area contributed by atoms with Crippen molar-refractivity contribution in [3.05, 3.63) is 52.3 Å². The third-order valence-electron chi connectivity index (χ3n) is 2.64. The van der Waals surface area contributed by atoms with E-state index >= 15 is 0 Å². The minimum atomic E-state index is 0.292. The fraction of sp³-hybridized carbons (Fsp3) is 0. The van der Waals surface area contributed by atoms with Crippen molar-refractivity contribution in [1.29, 1.82) is 0 Å². The summed E-state index contributed by atoms with van der Waals surface area (Å²) in [6, 6.07) is 14.0. The van der Waals surface area contributed by atoms with Gasteiger partial charge in [0.15, 0.2) is 0 Å². The molecule has 5 heteroatoms. The molecule has 1 aromatic carbocycles. The second-order valence-electron chi connectivity index (χ2n) is 3.98. The van der Waals surface area contributed by atoms with Gasteiger partial charge in [-0.25, -0.2) is 9.97 Å². The Morgan fingerprint density at radius 2 is 1.84 bits per heavy atom. The standard InChI is InChI=1S/C14H10BrN3S/c15-10-4-1-3-9(7-10)11-8-12(18-14(16)17-11)13-5-2-6-19-13/h1-8H,(H2,16,17,18). The molecule has 3 aromatic rings. The summed E-state index contributed by atoms with van der Waals surface area (Å²) in [5.74, 6) is 0.292. The molecule has 0 bridgehead atoms. The van der Waals surface area contributed by atoms with Crippen molar-refractivity contribution in [2.45, 2.75) is 0 Å². The van der Waals surface area contributed by atoms with E-state index in [1.54, 1.807) is 11.3 Å². The van der Waals surface area contributed by atoms with Gasteiger partial charge >= 0.3 is 0 Å². The van der Waals surface area contributed by atoms with Crippen LogP contribution in [-0.2, 0) is 0 Å². The number of halogens is 1. The van der Waals surface area contributed by atoms with Crippen LogP contribution in [0.15, 0.2) is 52.3 Å². The number of nitrogens with zero attached hydrogens (tertiary/aromatic N) is 2. The van der Waals surface area contributed by atoms with Gasteiger partial charge in [-0.2, -0.15) is 0 Å². The summed E-state index contributed by atoms with van der Waals surface area (Å²) in [7, 11) is 0. The molecule has 0 unspecified atom stereocenters. The topological polar surface area (TPSA) is 51.8 Å². The Kier molecular flexibility index (Phi) is 3.31. The van der Waals surface area contributed by atoms with Gasteiger partial charge in [-0.3, -0.25) is 0 Å². The first-order valence-electron chi connectivity index (χ1n) is 5.67. The smallest absolute Gasteiger partial charge is 0.221 e. The normalized spacial score (nSPS) is 10.6. The maximum atomic E-state index is 5.81. The van der Waals surface area contributed by atoms with Crippen molar-refractivity contribution >= 4 is 33.2 Å². The first kappa shape index (κ1) is 12.3. The predicted octanol–water partition coefficient (Wildman–Crippen LogP) is 4.22. The van der Waals surface area contributed by atoms with Crippen LogP contribution in [-0.4, -0.2) is 9.97 Å². The van der Waals surface area contributed by atoms with E-state index in [1.165, 1.54) is 0 Å². The summed E-state index contributed by atoms with van der Waals surface area (Å²) in [5.41, 5.74) is 8.52. The van der Waals surface area contributed by atoms with Gasteiger partial charge < -0.3 is 5.73 Å². The van der Waals surface area contributed by atoms with Crippen LogP contribution >= 0.6 is 27.3 Å². The number of benzene rings is 1. The zero-order valence-electron chi connectivity index (χ0n) is 9.88. The Morgan fingerprint density at radius 1 is 1.00 bits per heavy atom. The molecule has 0 aliphatic heterocycles. The van der Waals surface area contributed by atoms with E-state index in [4.69, 9.17) is 5.73 Å². The maximum absolute atomic E-state index is 5.81. The van der Waals surface area contributed by atoms with Crippen LogP contribution in [0, 0.1) is 0 Å². The Bertz CT molecular complexity index is 710.